The third-order valence-electron chi connectivity index (χ3n) is 1.99. The molecule has 1 heterocycles. The lowest BCUT2D eigenvalue weighted by atomic mass is 10.1. The molecule has 0 amide bonds. The van der Waals surface area contributed by atoms with Crippen molar-refractivity contribution in [1.82, 2.24) is 4.90 Å². The van der Waals surface area contributed by atoms with Crippen LogP contribution in [0.15, 0.2) is 0 Å². The predicted octanol–water partition coefficient (Wildman–Crippen LogP) is 0.670. The average Bonchev–Trinajstić information content (AvgIpc) is 2.13. The minimum absolute atomic E-state index is 0.227. The highest BCUT2D eigenvalue weighted by atomic mass is 16.1. The van der Waals surface area contributed by atoms with Crippen molar-refractivity contribution in [2.75, 3.05) is 13.6 Å². The summed E-state index contributed by atoms with van der Waals surface area (Å²) in [7, 11) is 2.01. The summed E-state index contributed by atoms with van der Waals surface area (Å²) < 4.78 is 0. The van der Waals surface area contributed by atoms with Crippen LogP contribution in [0.1, 0.15) is 19.8 Å². The van der Waals surface area contributed by atoms with Crippen molar-refractivity contribution in [3.63, 3.8) is 0 Å². The lowest BCUT2D eigenvalue weighted by Crippen LogP contribution is -2.30. The van der Waals surface area contributed by atoms with Crippen LogP contribution in [0.5, 0.6) is 0 Å². The summed E-state index contributed by atoms with van der Waals surface area (Å²) in [4.78, 5) is 12.9. The second kappa shape index (κ2) is 2.48. The molecule has 2 nitrogen and oxygen atoms in total. The SMILES string of the molecule is CC(=O)[C@H]1CCCN1C. The fraction of sp³-hybridized carbons (Fsp3) is 0.857. The summed E-state index contributed by atoms with van der Waals surface area (Å²) in [6.45, 7) is 2.76. The van der Waals surface area contributed by atoms with Gasteiger partial charge in [0.05, 0.1) is 6.04 Å². The molecule has 0 aliphatic carbocycles. The lowest BCUT2D eigenvalue weighted by molar-refractivity contribution is -0.120. The number of hydrogen-bond donors (Lipinski definition) is 0. The van der Waals surface area contributed by atoms with E-state index in [1.807, 2.05) is 7.05 Å². The summed E-state index contributed by atoms with van der Waals surface area (Å²) >= 11 is 0. The maximum Gasteiger partial charge on any atom is 0.146 e. The smallest absolute Gasteiger partial charge is 0.146 e. The van der Waals surface area contributed by atoms with Crippen LogP contribution in [0.2, 0.25) is 0 Å². The molecule has 0 bridgehead atoms. The van der Waals surface area contributed by atoms with Gasteiger partial charge in [-0.05, 0) is 33.4 Å². The summed E-state index contributed by atoms with van der Waals surface area (Å²) in [6, 6.07) is 0.227. The van der Waals surface area contributed by atoms with E-state index in [0.29, 0.717) is 5.78 Å². The van der Waals surface area contributed by atoms with Crippen molar-refractivity contribution in [3.8, 4) is 0 Å². The van der Waals surface area contributed by atoms with Crippen LogP contribution in [-0.2, 0) is 4.79 Å². The van der Waals surface area contributed by atoms with Gasteiger partial charge >= 0.3 is 0 Å². The van der Waals surface area contributed by atoms with Crippen LogP contribution < -0.4 is 0 Å². The maximum absolute atomic E-state index is 10.8. The topological polar surface area (TPSA) is 20.3 Å². The zero-order chi connectivity index (χ0) is 6.85. The van der Waals surface area contributed by atoms with Gasteiger partial charge in [-0.3, -0.25) is 9.69 Å². The van der Waals surface area contributed by atoms with E-state index in [-0.39, 0.29) is 6.04 Å². The molecule has 2 heteroatoms. The first-order chi connectivity index (χ1) is 4.22. The van der Waals surface area contributed by atoms with Crippen molar-refractivity contribution in [1.29, 1.82) is 0 Å². The zero-order valence-electron chi connectivity index (χ0n) is 6.05. The number of carbonyl (C=O) groups is 1. The lowest BCUT2D eigenvalue weighted by Gasteiger charge is -2.14. The second-order valence-electron chi connectivity index (χ2n) is 2.75. The molecule has 0 saturated carbocycles. The number of rotatable bonds is 1. The second-order valence-corrected chi connectivity index (χ2v) is 2.75. The predicted molar refractivity (Wildman–Crippen MR) is 36.3 cm³/mol. The number of hydrogen-bond acceptors (Lipinski definition) is 2. The Morgan fingerprint density at radius 2 is 2.33 bits per heavy atom. The Morgan fingerprint density at radius 1 is 1.67 bits per heavy atom. The summed E-state index contributed by atoms with van der Waals surface area (Å²) in [5.41, 5.74) is 0. The molecule has 52 valence electrons. The Labute approximate surface area is 55.8 Å². The van der Waals surface area contributed by atoms with Gasteiger partial charge in [-0.2, -0.15) is 0 Å². The van der Waals surface area contributed by atoms with Gasteiger partial charge in [0.25, 0.3) is 0 Å². The van der Waals surface area contributed by atoms with Crippen molar-refractivity contribution in [2.24, 2.45) is 0 Å². The summed E-state index contributed by atoms with van der Waals surface area (Å²) in [6.07, 6.45) is 2.24. The van der Waals surface area contributed by atoms with Crippen LogP contribution in [0.25, 0.3) is 0 Å². The first-order valence-electron chi connectivity index (χ1n) is 3.42. The third kappa shape index (κ3) is 1.30. The molecule has 1 rings (SSSR count). The van der Waals surface area contributed by atoms with Crippen molar-refractivity contribution in [3.05, 3.63) is 0 Å². The third-order valence-corrected chi connectivity index (χ3v) is 1.99. The minimum atomic E-state index is 0.227. The van der Waals surface area contributed by atoms with Gasteiger partial charge in [0.2, 0.25) is 0 Å². The van der Waals surface area contributed by atoms with Gasteiger partial charge in [-0.25, -0.2) is 0 Å². The highest BCUT2D eigenvalue weighted by molar-refractivity contribution is 5.81. The van der Waals surface area contributed by atoms with Gasteiger partial charge in [-0.15, -0.1) is 0 Å². The molecule has 0 spiro atoms. The van der Waals surface area contributed by atoms with E-state index >= 15 is 0 Å². The van der Waals surface area contributed by atoms with Crippen LogP contribution in [0.3, 0.4) is 0 Å². The fourth-order valence-corrected chi connectivity index (χ4v) is 1.42. The zero-order valence-corrected chi connectivity index (χ0v) is 6.05. The summed E-state index contributed by atoms with van der Waals surface area (Å²) in [5.74, 6) is 0.315. The molecule has 0 N–H and O–H groups in total. The van der Waals surface area contributed by atoms with Crippen LogP contribution >= 0.6 is 0 Å². The first kappa shape index (κ1) is 6.75. The molecular formula is C7H13NO. The number of ketones is 1. The largest absolute Gasteiger partial charge is 0.298 e. The van der Waals surface area contributed by atoms with Crippen LogP contribution in [0.4, 0.5) is 0 Å². The number of carbonyl (C=O) groups excluding carboxylic acids is 1. The molecular weight excluding hydrogens is 114 g/mol. The molecule has 1 atom stereocenters. The fourth-order valence-electron chi connectivity index (χ4n) is 1.42. The van der Waals surface area contributed by atoms with Gasteiger partial charge < -0.3 is 0 Å². The molecule has 1 saturated heterocycles. The van der Waals surface area contributed by atoms with E-state index in [1.54, 1.807) is 6.92 Å². The monoisotopic (exact) mass is 127 g/mol. The van der Waals surface area contributed by atoms with Crippen molar-refractivity contribution in [2.45, 2.75) is 25.8 Å². The number of likely N-dealkylation sites (tertiary alicyclic amines) is 1. The molecule has 0 aromatic rings. The van der Waals surface area contributed by atoms with E-state index in [1.165, 1.54) is 6.42 Å². The molecule has 0 aromatic carbocycles. The van der Waals surface area contributed by atoms with Crippen LogP contribution in [-0.4, -0.2) is 30.3 Å². The van der Waals surface area contributed by atoms with E-state index in [9.17, 15) is 4.79 Å². The van der Waals surface area contributed by atoms with Gasteiger partial charge in [0.15, 0.2) is 0 Å². The molecule has 1 aliphatic rings. The molecule has 0 radical (unpaired) electrons. The summed E-state index contributed by atoms with van der Waals surface area (Å²) in [5, 5.41) is 0. The van der Waals surface area contributed by atoms with E-state index in [2.05, 4.69) is 4.90 Å². The molecule has 1 fully saturated rings. The maximum atomic E-state index is 10.8. The molecule has 1 aliphatic heterocycles. The van der Waals surface area contributed by atoms with Crippen LogP contribution in [0, 0.1) is 0 Å². The van der Waals surface area contributed by atoms with Gasteiger partial charge in [0.1, 0.15) is 5.78 Å². The van der Waals surface area contributed by atoms with E-state index < -0.39 is 0 Å². The highest BCUT2D eigenvalue weighted by Gasteiger charge is 2.23. The minimum Gasteiger partial charge on any atom is -0.298 e. The number of nitrogens with zero attached hydrogens (tertiary/aromatic N) is 1. The Balaban J connectivity index is 2.49. The first-order valence-corrected chi connectivity index (χ1v) is 3.42. The van der Waals surface area contributed by atoms with Crippen molar-refractivity contribution >= 4 is 5.78 Å². The number of likely N-dealkylation sites (N-methyl/N-ethyl adjacent to an activating group) is 1. The average molecular weight is 127 g/mol. The Kier molecular flexibility index (Phi) is 1.86. The quantitative estimate of drug-likeness (QED) is 0.516. The Morgan fingerprint density at radius 3 is 2.56 bits per heavy atom. The Hall–Kier alpha value is -0.370. The molecule has 0 unspecified atom stereocenters. The highest BCUT2D eigenvalue weighted by Crippen LogP contribution is 2.14. The van der Waals surface area contributed by atoms with Gasteiger partial charge in [0, 0.05) is 0 Å². The van der Waals surface area contributed by atoms with E-state index in [4.69, 9.17) is 0 Å². The standard InChI is InChI=1S/C7H13NO/c1-6(9)7-4-3-5-8(7)2/h7H,3-5H2,1-2H3/t7-/m1/s1. The van der Waals surface area contributed by atoms with E-state index in [0.717, 1.165) is 13.0 Å². The normalized spacial score (nSPS) is 28.9. The van der Waals surface area contributed by atoms with Gasteiger partial charge in [-0.1, -0.05) is 0 Å². The Bertz CT molecular complexity index is 122. The molecule has 9 heavy (non-hydrogen) atoms. The van der Waals surface area contributed by atoms with Crippen molar-refractivity contribution < 1.29 is 4.79 Å². The molecule has 0 aromatic heterocycles. The number of Topliss-reactive ketones (excluding diaryl/α,β-unsaturated/α-hetero) is 1.